The molecule has 3 N–H and O–H groups in total. The van der Waals surface area contributed by atoms with E-state index in [2.05, 4.69) is 34.9 Å². The van der Waals surface area contributed by atoms with Gasteiger partial charge in [0.15, 0.2) is 0 Å². The Balaban J connectivity index is 1.54. The number of fused-ring (bicyclic) bond motifs is 3. The molecule has 0 bridgehead atoms. The lowest BCUT2D eigenvalue weighted by Gasteiger charge is -2.26. The molecule has 2 aromatic rings. The van der Waals surface area contributed by atoms with Crippen LogP contribution in [-0.2, 0) is 14.3 Å². The zero-order valence-electron chi connectivity index (χ0n) is 21.0. The van der Waals surface area contributed by atoms with E-state index in [1.807, 2.05) is 52.0 Å². The number of carbonyl (C=O) groups excluding carboxylic acids is 2. The number of nitrogens with one attached hydrogen (secondary N) is 2. The van der Waals surface area contributed by atoms with Gasteiger partial charge in [0.2, 0.25) is 5.91 Å². The monoisotopic (exact) mass is 480 g/mol. The summed E-state index contributed by atoms with van der Waals surface area (Å²) in [7, 11) is 0. The second-order valence-corrected chi connectivity index (χ2v) is 10.3. The molecule has 0 aliphatic heterocycles. The highest BCUT2D eigenvalue weighted by molar-refractivity contribution is 5.86. The van der Waals surface area contributed by atoms with Gasteiger partial charge in [0.1, 0.15) is 12.6 Å². The molecule has 1 aliphatic carbocycles. The number of rotatable bonds is 11. The van der Waals surface area contributed by atoms with Crippen LogP contribution in [0.3, 0.4) is 0 Å². The summed E-state index contributed by atoms with van der Waals surface area (Å²) in [5.74, 6) is -1.28. The Morgan fingerprint density at radius 2 is 1.54 bits per heavy atom. The number of carbonyl (C=O) groups is 3. The first-order valence-electron chi connectivity index (χ1n) is 12.2. The first kappa shape index (κ1) is 26.3. The van der Waals surface area contributed by atoms with Crippen LogP contribution in [0.1, 0.15) is 64.0 Å². The fourth-order valence-corrected chi connectivity index (χ4v) is 4.51. The SMILES string of the molecule is CC(C)[C@H](NC(=O)OCC1c2ccccc2-c2ccccc21)C(=O)NCCC(C)(C)CCC(=O)O. The van der Waals surface area contributed by atoms with Gasteiger partial charge >= 0.3 is 12.1 Å². The Morgan fingerprint density at radius 1 is 0.971 bits per heavy atom. The van der Waals surface area contributed by atoms with Gasteiger partial charge in [-0.1, -0.05) is 76.2 Å². The number of ether oxygens (including phenoxy) is 1. The van der Waals surface area contributed by atoms with Gasteiger partial charge in [-0.05, 0) is 46.4 Å². The van der Waals surface area contributed by atoms with Gasteiger partial charge in [-0.3, -0.25) is 9.59 Å². The summed E-state index contributed by atoms with van der Waals surface area (Å²) in [5, 5.41) is 14.5. The molecule has 2 amide bonds. The highest BCUT2D eigenvalue weighted by atomic mass is 16.5. The van der Waals surface area contributed by atoms with E-state index in [-0.39, 0.29) is 36.2 Å². The van der Waals surface area contributed by atoms with Crippen LogP contribution in [0.5, 0.6) is 0 Å². The van der Waals surface area contributed by atoms with Crippen LogP contribution < -0.4 is 10.6 Å². The largest absolute Gasteiger partial charge is 0.481 e. The van der Waals surface area contributed by atoms with E-state index in [4.69, 9.17) is 9.84 Å². The Bertz CT molecular complexity index is 1020. The van der Waals surface area contributed by atoms with Crippen molar-refractivity contribution < 1.29 is 24.2 Å². The summed E-state index contributed by atoms with van der Waals surface area (Å²) in [4.78, 5) is 36.3. The van der Waals surface area contributed by atoms with Gasteiger partial charge < -0.3 is 20.5 Å². The highest BCUT2D eigenvalue weighted by Gasteiger charge is 2.30. The first-order valence-corrected chi connectivity index (χ1v) is 12.2. The van der Waals surface area contributed by atoms with Crippen molar-refractivity contribution in [2.45, 2.75) is 58.9 Å². The predicted molar refractivity (Wildman–Crippen MR) is 135 cm³/mol. The molecule has 3 rings (SSSR count). The smallest absolute Gasteiger partial charge is 0.407 e. The molecule has 7 nitrogen and oxygen atoms in total. The third kappa shape index (κ3) is 6.84. The predicted octanol–water partition coefficient (Wildman–Crippen LogP) is 4.95. The standard InChI is InChI=1S/C28H36N2O5/c1-18(2)25(26(33)29-16-15-28(3,4)14-13-24(31)32)30-27(34)35-17-23-21-11-7-5-9-19(21)20-10-6-8-12-22(20)23/h5-12,18,23,25H,13-17H2,1-4H3,(H,29,33)(H,30,34)(H,31,32)/t25-/m0/s1. The minimum absolute atomic E-state index is 0.0486. The summed E-state index contributed by atoms with van der Waals surface area (Å²) in [5.41, 5.74) is 4.36. The summed E-state index contributed by atoms with van der Waals surface area (Å²) < 4.78 is 5.60. The molecule has 0 saturated carbocycles. The molecular weight excluding hydrogens is 444 g/mol. The molecule has 1 aliphatic rings. The molecule has 1 atom stereocenters. The van der Waals surface area contributed by atoms with Gasteiger partial charge in [0.25, 0.3) is 0 Å². The third-order valence-corrected chi connectivity index (χ3v) is 6.68. The number of carboxylic acids is 1. The maximum absolute atomic E-state index is 12.8. The van der Waals surface area contributed by atoms with Crippen LogP contribution in [0, 0.1) is 11.3 Å². The van der Waals surface area contributed by atoms with E-state index >= 15 is 0 Å². The van der Waals surface area contributed by atoms with Gasteiger partial charge in [0.05, 0.1) is 0 Å². The maximum atomic E-state index is 12.8. The number of hydrogen-bond acceptors (Lipinski definition) is 4. The Labute approximate surface area is 207 Å². The van der Waals surface area contributed by atoms with Gasteiger partial charge in [-0.15, -0.1) is 0 Å². The van der Waals surface area contributed by atoms with Crippen LogP contribution in [0.2, 0.25) is 0 Å². The molecule has 188 valence electrons. The van der Waals surface area contributed by atoms with Crippen LogP contribution in [0.4, 0.5) is 4.79 Å². The van der Waals surface area contributed by atoms with Crippen molar-refractivity contribution in [3.8, 4) is 11.1 Å². The third-order valence-electron chi connectivity index (χ3n) is 6.68. The van der Waals surface area contributed by atoms with E-state index < -0.39 is 18.1 Å². The molecule has 0 saturated heterocycles. The quantitative estimate of drug-likeness (QED) is 0.422. The van der Waals surface area contributed by atoms with Crippen molar-refractivity contribution in [1.82, 2.24) is 10.6 Å². The van der Waals surface area contributed by atoms with E-state index in [9.17, 15) is 14.4 Å². The van der Waals surface area contributed by atoms with E-state index in [1.165, 1.54) is 0 Å². The van der Waals surface area contributed by atoms with Crippen molar-refractivity contribution in [1.29, 1.82) is 0 Å². The molecule has 0 radical (unpaired) electrons. The summed E-state index contributed by atoms with van der Waals surface area (Å²) in [6.07, 6.45) is 0.646. The number of amides is 2. The number of aliphatic carboxylic acids is 1. The first-order chi connectivity index (χ1) is 16.6. The zero-order chi connectivity index (χ0) is 25.6. The normalized spacial score (nSPS) is 13.6. The van der Waals surface area contributed by atoms with Gasteiger partial charge in [-0.2, -0.15) is 0 Å². The van der Waals surface area contributed by atoms with Gasteiger partial charge in [-0.25, -0.2) is 4.79 Å². The van der Waals surface area contributed by atoms with Crippen molar-refractivity contribution in [3.63, 3.8) is 0 Å². The fourth-order valence-electron chi connectivity index (χ4n) is 4.51. The van der Waals surface area contributed by atoms with Crippen molar-refractivity contribution in [2.75, 3.05) is 13.2 Å². The molecule has 0 spiro atoms. The highest BCUT2D eigenvalue weighted by Crippen LogP contribution is 2.44. The molecule has 0 unspecified atom stereocenters. The molecule has 0 heterocycles. The second-order valence-electron chi connectivity index (χ2n) is 10.3. The number of benzene rings is 2. The molecule has 7 heteroatoms. The second kappa shape index (κ2) is 11.4. The summed E-state index contributed by atoms with van der Waals surface area (Å²) >= 11 is 0. The fraction of sp³-hybridized carbons (Fsp3) is 0.464. The Morgan fingerprint density at radius 3 is 2.09 bits per heavy atom. The average Bonchev–Trinajstić information content (AvgIpc) is 3.13. The minimum Gasteiger partial charge on any atom is -0.481 e. The van der Waals surface area contributed by atoms with Crippen LogP contribution in [0.25, 0.3) is 11.1 Å². The van der Waals surface area contributed by atoms with Crippen molar-refractivity contribution >= 4 is 18.0 Å². The van der Waals surface area contributed by atoms with Gasteiger partial charge in [0, 0.05) is 18.9 Å². The lowest BCUT2D eigenvalue weighted by Crippen LogP contribution is -2.50. The van der Waals surface area contributed by atoms with Crippen molar-refractivity contribution in [2.24, 2.45) is 11.3 Å². The lowest BCUT2D eigenvalue weighted by atomic mass is 9.84. The number of alkyl carbamates (subject to hydrolysis) is 1. The average molecular weight is 481 g/mol. The van der Waals surface area contributed by atoms with Crippen LogP contribution >= 0.6 is 0 Å². The van der Waals surface area contributed by atoms with E-state index in [0.717, 1.165) is 22.3 Å². The molecule has 2 aromatic carbocycles. The van der Waals surface area contributed by atoms with E-state index in [1.54, 1.807) is 0 Å². The van der Waals surface area contributed by atoms with E-state index in [0.29, 0.717) is 19.4 Å². The maximum Gasteiger partial charge on any atom is 0.407 e. The Kier molecular flexibility index (Phi) is 8.54. The summed E-state index contributed by atoms with van der Waals surface area (Å²) in [6.45, 7) is 8.29. The lowest BCUT2D eigenvalue weighted by molar-refractivity contribution is -0.137. The summed E-state index contributed by atoms with van der Waals surface area (Å²) in [6, 6.07) is 15.5. The molecule has 0 aromatic heterocycles. The zero-order valence-corrected chi connectivity index (χ0v) is 21.0. The van der Waals surface area contributed by atoms with Crippen LogP contribution in [0.15, 0.2) is 48.5 Å². The number of hydrogen-bond donors (Lipinski definition) is 3. The molecular formula is C28H36N2O5. The van der Waals surface area contributed by atoms with Crippen LogP contribution in [-0.4, -0.2) is 42.3 Å². The molecule has 35 heavy (non-hydrogen) atoms. The Hall–Kier alpha value is -3.35. The topological polar surface area (TPSA) is 105 Å². The van der Waals surface area contributed by atoms with Crippen molar-refractivity contribution in [3.05, 3.63) is 59.7 Å². The minimum atomic E-state index is -0.825. The number of carboxylic acid groups (broad SMARTS) is 1. The molecule has 0 fully saturated rings.